The lowest BCUT2D eigenvalue weighted by Crippen LogP contribution is -2.13. The number of halogens is 2. The Morgan fingerprint density at radius 1 is 1.40 bits per heavy atom. The van der Waals surface area contributed by atoms with E-state index in [1.165, 1.54) is 18.3 Å². The minimum atomic E-state index is -0.225. The van der Waals surface area contributed by atoms with E-state index in [1.54, 1.807) is 6.07 Å². The van der Waals surface area contributed by atoms with Gasteiger partial charge in [-0.05, 0) is 36.6 Å². The van der Waals surface area contributed by atoms with Gasteiger partial charge in [0, 0.05) is 6.54 Å². The van der Waals surface area contributed by atoms with Crippen LogP contribution in [0.2, 0.25) is 5.02 Å². The van der Waals surface area contributed by atoms with Crippen LogP contribution >= 0.6 is 11.6 Å². The van der Waals surface area contributed by atoms with Crippen LogP contribution in [0.3, 0.4) is 0 Å². The number of rotatable bonds is 5. The van der Waals surface area contributed by atoms with Gasteiger partial charge in [0.15, 0.2) is 5.82 Å². The predicted octanol–water partition coefficient (Wildman–Crippen LogP) is 2.52. The van der Waals surface area contributed by atoms with Crippen molar-refractivity contribution in [3.8, 4) is 0 Å². The van der Waals surface area contributed by atoms with Gasteiger partial charge in [-0.25, -0.2) is 15.2 Å². The largest absolute Gasteiger partial charge is 0.368 e. The van der Waals surface area contributed by atoms with E-state index in [-0.39, 0.29) is 11.8 Å². The third-order valence-corrected chi connectivity index (χ3v) is 3.14. The van der Waals surface area contributed by atoms with Crippen LogP contribution in [-0.4, -0.2) is 16.5 Å². The monoisotopic (exact) mass is 295 g/mol. The van der Waals surface area contributed by atoms with Gasteiger partial charge in [-0.1, -0.05) is 17.7 Å². The summed E-state index contributed by atoms with van der Waals surface area (Å²) >= 11 is 5.98. The number of nitrogens with two attached hydrogens (primary N) is 1. The topological polar surface area (TPSA) is 75.9 Å². The number of nitrogen functional groups attached to an aromatic ring is 1. The molecule has 0 amide bonds. The van der Waals surface area contributed by atoms with E-state index >= 15 is 0 Å². The highest BCUT2D eigenvalue weighted by Gasteiger charge is 2.05. The summed E-state index contributed by atoms with van der Waals surface area (Å²) in [5.41, 5.74) is 4.35. The fourth-order valence-corrected chi connectivity index (χ4v) is 1.97. The summed E-state index contributed by atoms with van der Waals surface area (Å²) in [4.78, 5) is 7.99. The third-order valence-electron chi connectivity index (χ3n) is 2.86. The Bertz CT molecular complexity index is 605. The Labute approximate surface area is 121 Å². The normalized spacial score (nSPS) is 10.4. The smallest absolute Gasteiger partial charge is 0.239 e. The lowest BCUT2D eigenvalue weighted by molar-refractivity contribution is 0.625. The van der Waals surface area contributed by atoms with E-state index in [1.807, 2.05) is 6.92 Å². The lowest BCUT2D eigenvalue weighted by atomic mass is 10.1. The van der Waals surface area contributed by atoms with Gasteiger partial charge in [-0.2, -0.15) is 4.98 Å². The van der Waals surface area contributed by atoms with Gasteiger partial charge >= 0.3 is 0 Å². The van der Waals surface area contributed by atoms with Crippen molar-refractivity contribution in [2.45, 2.75) is 13.3 Å². The Morgan fingerprint density at radius 2 is 2.20 bits per heavy atom. The first-order valence-electron chi connectivity index (χ1n) is 6.08. The van der Waals surface area contributed by atoms with Crippen molar-refractivity contribution >= 4 is 23.4 Å². The molecule has 1 aromatic carbocycles. The summed E-state index contributed by atoms with van der Waals surface area (Å²) in [5.74, 6) is 5.81. The molecule has 5 nitrogen and oxygen atoms in total. The number of hydrogen-bond donors (Lipinski definition) is 3. The minimum absolute atomic E-state index is 0.225. The molecule has 0 spiro atoms. The molecule has 106 valence electrons. The van der Waals surface area contributed by atoms with E-state index in [0.717, 1.165) is 17.5 Å². The molecule has 1 heterocycles. The molecule has 20 heavy (non-hydrogen) atoms. The lowest BCUT2D eigenvalue weighted by Gasteiger charge is -2.10. The van der Waals surface area contributed by atoms with Crippen molar-refractivity contribution in [1.82, 2.24) is 9.97 Å². The van der Waals surface area contributed by atoms with Gasteiger partial charge in [-0.15, -0.1) is 0 Å². The number of hydrazine groups is 1. The quantitative estimate of drug-likeness (QED) is 0.584. The van der Waals surface area contributed by atoms with Gasteiger partial charge in [0.2, 0.25) is 5.95 Å². The Balaban J connectivity index is 1.99. The highest BCUT2D eigenvalue weighted by molar-refractivity contribution is 6.32. The summed E-state index contributed by atoms with van der Waals surface area (Å²) in [6.45, 7) is 2.50. The van der Waals surface area contributed by atoms with Crippen molar-refractivity contribution in [2.24, 2.45) is 5.84 Å². The number of nitrogens with one attached hydrogen (secondary N) is 2. The number of aromatic nitrogens is 2. The van der Waals surface area contributed by atoms with Crippen LogP contribution < -0.4 is 16.6 Å². The molecule has 0 aliphatic rings. The zero-order valence-corrected chi connectivity index (χ0v) is 11.7. The van der Waals surface area contributed by atoms with Gasteiger partial charge in [-0.3, -0.25) is 5.43 Å². The second-order valence-electron chi connectivity index (χ2n) is 4.28. The van der Waals surface area contributed by atoms with Crippen LogP contribution in [0.15, 0.2) is 24.4 Å². The summed E-state index contributed by atoms with van der Waals surface area (Å²) in [7, 11) is 0. The predicted molar refractivity (Wildman–Crippen MR) is 78.2 cm³/mol. The molecular formula is C13H15ClFN5. The van der Waals surface area contributed by atoms with Crippen molar-refractivity contribution in [2.75, 3.05) is 17.3 Å². The van der Waals surface area contributed by atoms with Crippen molar-refractivity contribution in [3.05, 3.63) is 46.4 Å². The van der Waals surface area contributed by atoms with Crippen LogP contribution in [0.5, 0.6) is 0 Å². The maximum absolute atomic E-state index is 13.0. The van der Waals surface area contributed by atoms with Crippen molar-refractivity contribution < 1.29 is 4.39 Å². The first-order valence-corrected chi connectivity index (χ1v) is 6.46. The fourth-order valence-electron chi connectivity index (χ4n) is 1.82. The Morgan fingerprint density at radius 3 is 2.90 bits per heavy atom. The Hall–Kier alpha value is -1.92. The molecule has 0 saturated heterocycles. The second kappa shape index (κ2) is 6.49. The number of hydrogen-bond acceptors (Lipinski definition) is 5. The van der Waals surface area contributed by atoms with Crippen LogP contribution in [-0.2, 0) is 6.42 Å². The highest BCUT2D eigenvalue weighted by Crippen LogP contribution is 2.19. The van der Waals surface area contributed by atoms with E-state index in [9.17, 15) is 4.39 Å². The molecule has 0 bridgehead atoms. The minimum Gasteiger partial charge on any atom is -0.368 e. The van der Waals surface area contributed by atoms with E-state index in [2.05, 4.69) is 20.7 Å². The molecule has 2 rings (SSSR count). The average molecular weight is 296 g/mol. The van der Waals surface area contributed by atoms with Gasteiger partial charge in [0.1, 0.15) is 10.8 Å². The standard InChI is InChI=1S/C13H15ClFN5/c1-8-6-10(15)3-2-9(8)4-5-17-12-11(14)7-18-13(19-12)20-16/h2-3,6-7H,4-5,16H2,1H3,(H2,17,18,19,20). The van der Waals surface area contributed by atoms with Crippen LogP contribution in [0.4, 0.5) is 16.2 Å². The number of anilines is 2. The van der Waals surface area contributed by atoms with Crippen molar-refractivity contribution in [3.63, 3.8) is 0 Å². The number of benzene rings is 1. The fraction of sp³-hybridized carbons (Fsp3) is 0.231. The van der Waals surface area contributed by atoms with Gasteiger partial charge in [0.05, 0.1) is 6.20 Å². The molecule has 0 fully saturated rings. The van der Waals surface area contributed by atoms with E-state index in [0.29, 0.717) is 17.4 Å². The van der Waals surface area contributed by atoms with Crippen molar-refractivity contribution in [1.29, 1.82) is 0 Å². The van der Waals surface area contributed by atoms with Crippen LogP contribution in [0.1, 0.15) is 11.1 Å². The molecule has 0 unspecified atom stereocenters. The molecule has 0 aliphatic carbocycles. The second-order valence-corrected chi connectivity index (χ2v) is 4.69. The SMILES string of the molecule is Cc1cc(F)ccc1CCNc1nc(NN)ncc1Cl. The summed E-state index contributed by atoms with van der Waals surface area (Å²) in [6, 6.07) is 4.75. The molecule has 4 N–H and O–H groups in total. The summed E-state index contributed by atoms with van der Waals surface area (Å²) in [6.07, 6.45) is 2.20. The van der Waals surface area contributed by atoms with Gasteiger partial charge < -0.3 is 5.32 Å². The molecule has 0 aliphatic heterocycles. The van der Waals surface area contributed by atoms with Gasteiger partial charge in [0.25, 0.3) is 0 Å². The molecule has 0 radical (unpaired) electrons. The summed E-state index contributed by atoms with van der Waals surface area (Å²) in [5, 5.41) is 3.52. The zero-order chi connectivity index (χ0) is 14.5. The van der Waals surface area contributed by atoms with E-state index in [4.69, 9.17) is 17.4 Å². The Kier molecular flexibility index (Phi) is 4.70. The van der Waals surface area contributed by atoms with Crippen LogP contribution in [0, 0.1) is 12.7 Å². The van der Waals surface area contributed by atoms with Crippen LogP contribution in [0.25, 0.3) is 0 Å². The number of aryl methyl sites for hydroxylation is 1. The maximum atomic E-state index is 13.0. The molecule has 1 aromatic heterocycles. The third kappa shape index (κ3) is 3.55. The first kappa shape index (κ1) is 14.5. The summed E-state index contributed by atoms with van der Waals surface area (Å²) < 4.78 is 13.0. The average Bonchev–Trinajstić information content (AvgIpc) is 2.43. The number of nitrogens with zero attached hydrogens (tertiary/aromatic N) is 2. The molecule has 0 atom stereocenters. The molecular weight excluding hydrogens is 281 g/mol. The maximum Gasteiger partial charge on any atom is 0.239 e. The first-order chi connectivity index (χ1) is 9.60. The molecule has 7 heteroatoms. The van der Waals surface area contributed by atoms with E-state index < -0.39 is 0 Å². The molecule has 2 aromatic rings. The molecule has 0 saturated carbocycles. The highest BCUT2D eigenvalue weighted by atomic mass is 35.5. The zero-order valence-electron chi connectivity index (χ0n) is 11.0.